The lowest BCUT2D eigenvalue weighted by molar-refractivity contribution is 0.627. The monoisotopic (exact) mass is 259 g/mol. The fourth-order valence-electron chi connectivity index (χ4n) is 2.09. The van der Waals surface area contributed by atoms with Gasteiger partial charge < -0.3 is 10.6 Å². The number of aromatic nitrogens is 1. The number of benzene rings is 1. The van der Waals surface area contributed by atoms with E-state index in [2.05, 4.69) is 4.98 Å². The summed E-state index contributed by atoms with van der Waals surface area (Å²) in [5.74, 6) is 0.528. The van der Waals surface area contributed by atoms with Crippen molar-refractivity contribution in [3.63, 3.8) is 0 Å². The van der Waals surface area contributed by atoms with Crippen molar-refractivity contribution < 1.29 is 4.39 Å². The van der Waals surface area contributed by atoms with Gasteiger partial charge in [0.05, 0.1) is 0 Å². The van der Waals surface area contributed by atoms with E-state index in [-0.39, 0.29) is 11.9 Å². The molecule has 1 aromatic carbocycles. The Hall–Kier alpha value is -1.94. The van der Waals surface area contributed by atoms with Gasteiger partial charge in [-0.1, -0.05) is 12.1 Å². The molecular weight excluding hydrogens is 241 g/mol. The molecule has 1 unspecified atom stereocenters. The van der Waals surface area contributed by atoms with Crippen molar-refractivity contribution in [2.24, 2.45) is 5.73 Å². The molecule has 0 saturated heterocycles. The molecule has 1 heterocycles. The minimum atomic E-state index is -0.255. The van der Waals surface area contributed by atoms with Crippen molar-refractivity contribution in [3.05, 3.63) is 54.0 Å². The van der Waals surface area contributed by atoms with Crippen LogP contribution >= 0.6 is 0 Å². The van der Waals surface area contributed by atoms with E-state index in [1.807, 2.05) is 36.9 Å². The summed E-state index contributed by atoms with van der Waals surface area (Å²) >= 11 is 0. The molecule has 1 atom stereocenters. The highest BCUT2D eigenvalue weighted by molar-refractivity contribution is 5.63. The Kier molecular flexibility index (Phi) is 4.12. The molecule has 0 spiro atoms. The van der Waals surface area contributed by atoms with Gasteiger partial charge in [-0.05, 0) is 38.1 Å². The van der Waals surface area contributed by atoms with Crippen LogP contribution in [0.15, 0.2) is 42.6 Å². The minimum absolute atomic E-state index is 0.119. The highest BCUT2D eigenvalue weighted by Crippen LogP contribution is 2.29. The van der Waals surface area contributed by atoms with E-state index < -0.39 is 0 Å². The first-order chi connectivity index (χ1) is 9.13. The normalized spacial score (nSPS) is 12.2. The first-order valence-corrected chi connectivity index (χ1v) is 6.37. The van der Waals surface area contributed by atoms with Gasteiger partial charge in [-0.25, -0.2) is 9.37 Å². The number of rotatable bonds is 4. The summed E-state index contributed by atoms with van der Waals surface area (Å²) in [5, 5.41) is 0. The van der Waals surface area contributed by atoms with Gasteiger partial charge in [-0.3, -0.25) is 0 Å². The maximum atomic E-state index is 13.4. The second kappa shape index (κ2) is 5.80. The Balaban J connectivity index is 2.48. The molecule has 19 heavy (non-hydrogen) atoms. The summed E-state index contributed by atoms with van der Waals surface area (Å²) in [6.45, 7) is 4.62. The van der Waals surface area contributed by atoms with E-state index in [0.717, 1.165) is 17.1 Å². The molecule has 3 nitrogen and oxygen atoms in total. The Morgan fingerprint density at radius 2 is 2.11 bits per heavy atom. The van der Waals surface area contributed by atoms with E-state index in [1.165, 1.54) is 12.1 Å². The van der Waals surface area contributed by atoms with Crippen LogP contribution in [0, 0.1) is 5.82 Å². The maximum Gasteiger partial charge on any atom is 0.137 e. The number of hydrogen-bond donors (Lipinski definition) is 1. The maximum absolute atomic E-state index is 13.4. The fraction of sp³-hybridized carbons (Fsp3) is 0.267. The molecule has 2 aromatic rings. The second-order valence-electron chi connectivity index (χ2n) is 4.43. The number of halogens is 1. The van der Waals surface area contributed by atoms with E-state index in [0.29, 0.717) is 6.54 Å². The van der Waals surface area contributed by atoms with Gasteiger partial charge >= 0.3 is 0 Å². The summed E-state index contributed by atoms with van der Waals surface area (Å²) in [5.41, 5.74) is 7.71. The van der Waals surface area contributed by atoms with E-state index in [1.54, 1.807) is 12.3 Å². The van der Waals surface area contributed by atoms with Crippen LogP contribution in [0.1, 0.15) is 25.5 Å². The van der Waals surface area contributed by atoms with E-state index in [4.69, 9.17) is 5.73 Å². The first-order valence-electron chi connectivity index (χ1n) is 6.37. The fourth-order valence-corrected chi connectivity index (χ4v) is 2.09. The Bertz CT molecular complexity index is 555. The van der Waals surface area contributed by atoms with E-state index >= 15 is 0 Å². The predicted molar refractivity (Wildman–Crippen MR) is 75.9 cm³/mol. The molecule has 0 fully saturated rings. The molecule has 0 radical (unpaired) electrons. The van der Waals surface area contributed by atoms with Crippen molar-refractivity contribution in [1.82, 2.24) is 4.98 Å². The van der Waals surface area contributed by atoms with Crippen molar-refractivity contribution in [1.29, 1.82) is 0 Å². The Morgan fingerprint density at radius 1 is 1.32 bits per heavy atom. The lowest BCUT2D eigenvalue weighted by Gasteiger charge is -2.25. The highest BCUT2D eigenvalue weighted by Gasteiger charge is 2.15. The van der Waals surface area contributed by atoms with Crippen LogP contribution < -0.4 is 10.6 Å². The van der Waals surface area contributed by atoms with Crippen molar-refractivity contribution in [2.75, 3.05) is 11.4 Å². The SMILES string of the molecule is CCN(c1cccc(F)c1)c1ncccc1C(C)N. The molecule has 4 heteroatoms. The van der Waals surface area contributed by atoms with Crippen molar-refractivity contribution in [2.45, 2.75) is 19.9 Å². The molecule has 0 saturated carbocycles. The van der Waals surface area contributed by atoms with Crippen molar-refractivity contribution in [3.8, 4) is 0 Å². The molecule has 2 N–H and O–H groups in total. The van der Waals surface area contributed by atoms with Crippen LogP contribution in [0.25, 0.3) is 0 Å². The zero-order valence-corrected chi connectivity index (χ0v) is 11.2. The highest BCUT2D eigenvalue weighted by atomic mass is 19.1. The molecular formula is C15H18FN3. The summed E-state index contributed by atoms with van der Waals surface area (Å²) in [6, 6.07) is 10.2. The quantitative estimate of drug-likeness (QED) is 0.915. The van der Waals surface area contributed by atoms with Crippen molar-refractivity contribution >= 4 is 11.5 Å². The topological polar surface area (TPSA) is 42.2 Å². The summed E-state index contributed by atoms with van der Waals surface area (Å²) in [7, 11) is 0. The summed E-state index contributed by atoms with van der Waals surface area (Å²) < 4.78 is 13.4. The number of pyridine rings is 1. The Labute approximate surface area is 112 Å². The zero-order chi connectivity index (χ0) is 13.8. The smallest absolute Gasteiger partial charge is 0.137 e. The Morgan fingerprint density at radius 3 is 2.74 bits per heavy atom. The number of anilines is 2. The standard InChI is InChI=1S/C15H18FN3/c1-3-19(13-7-4-6-12(16)10-13)15-14(11(2)17)8-5-9-18-15/h4-11H,3,17H2,1-2H3. The predicted octanol–water partition coefficient (Wildman–Crippen LogP) is 3.40. The van der Waals surface area contributed by atoms with Crippen LogP contribution in [0.5, 0.6) is 0 Å². The van der Waals surface area contributed by atoms with Gasteiger partial charge in [0.1, 0.15) is 11.6 Å². The van der Waals surface area contributed by atoms with Gasteiger partial charge in [0.25, 0.3) is 0 Å². The molecule has 100 valence electrons. The average Bonchev–Trinajstić information content (AvgIpc) is 2.40. The average molecular weight is 259 g/mol. The number of hydrogen-bond acceptors (Lipinski definition) is 3. The third-order valence-electron chi connectivity index (χ3n) is 3.00. The largest absolute Gasteiger partial charge is 0.326 e. The molecule has 0 aliphatic carbocycles. The molecule has 0 amide bonds. The van der Waals surface area contributed by atoms with E-state index in [9.17, 15) is 4.39 Å². The lowest BCUT2D eigenvalue weighted by atomic mass is 10.1. The first kappa shape index (κ1) is 13.5. The molecule has 0 aliphatic rings. The molecule has 0 aliphatic heterocycles. The van der Waals surface area contributed by atoms with Gasteiger partial charge in [0.2, 0.25) is 0 Å². The number of nitrogens with two attached hydrogens (primary N) is 1. The minimum Gasteiger partial charge on any atom is -0.326 e. The third-order valence-corrected chi connectivity index (χ3v) is 3.00. The zero-order valence-electron chi connectivity index (χ0n) is 11.2. The summed E-state index contributed by atoms with van der Waals surface area (Å²) in [4.78, 5) is 6.36. The van der Waals surface area contributed by atoms with Crippen LogP contribution in [0.4, 0.5) is 15.9 Å². The van der Waals surface area contributed by atoms with Crippen LogP contribution in [-0.4, -0.2) is 11.5 Å². The molecule has 1 aromatic heterocycles. The van der Waals surface area contributed by atoms with Crippen LogP contribution in [0.2, 0.25) is 0 Å². The molecule has 0 bridgehead atoms. The lowest BCUT2D eigenvalue weighted by Crippen LogP contribution is -2.21. The van der Waals surface area contributed by atoms with Crippen LogP contribution in [0.3, 0.4) is 0 Å². The number of nitrogens with zero attached hydrogens (tertiary/aromatic N) is 2. The van der Waals surface area contributed by atoms with Crippen LogP contribution in [-0.2, 0) is 0 Å². The second-order valence-corrected chi connectivity index (χ2v) is 4.43. The summed E-state index contributed by atoms with van der Waals surface area (Å²) in [6.07, 6.45) is 1.73. The van der Waals surface area contributed by atoms with Gasteiger partial charge in [-0.2, -0.15) is 0 Å². The van der Waals surface area contributed by atoms with Gasteiger partial charge in [0, 0.05) is 30.0 Å². The molecule has 2 rings (SSSR count). The van der Waals surface area contributed by atoms with Gasteiger partial charge in [0.15, 0.2) is 0 Å². The third kappa shape index (κ3) is 2.90. The van der Waals surface area contributed by atoms with Gasteiger partial charge in [-0.15, -0.1) is 0 Å².